The molecule has 25 heavy (non-hydrogen) atoms. The molecule has 6 nitrogen and oxygen atoms in total. The lowest BCUT2D eigenvalue weighted by Crippen LogP contribution is -2.00. The van der Waals surface area contributed by atoms with Gasteiger partial charge in [-0.3, -0.25) is 4.98 Å². The molecule has 0 aliphatic heterocycles. The Hall–Kier alpha value is -3.06. The molecule has 2 aromatic carbocycles. The highest BCUT2D eigenvalue weighted by atomic mass is 32.2. The van der Waals surface area contributed by atoms with Gasteiger partial charge in [-0.15, -0.1) is 0 Å². The summed E-state index contributed by atoms with van der Waals surface area (Å²) >= 11 is 1.38. The molecule has 0 spiro atoms. The molecule has 0 aliphatic rings. The quantitative estimate of drug-likeness (QED) is 0.536. The van der Waals surface area contributed by atoms with Crippen LogP contribution in [0.15, 0.2) is 75.1 Å². The van der Waals surface area contributed by atoms with E-state index in [0.29, 0.717) is 16.8 Å². The predicted octanol–water partition coefficient (Wildman–Crippen LogP) is 3.71. The van der Waals surface area contributed by atoms with E-state index >= 15 is 0 Å². The summed E-state index contributed by atoms with van der Waals surface area (Å²) < 4.78 is 6.01. The molecular formula is C18H14N4O2S. The molecule has 2 heterocycles. The average molecular weight is 350 g/mol. The van der Waals surface area contributed by atoms with Crippen LogP contribution in [0.4, 0.5) is 0 Å². The highest BCUT2D eigenvalue weighted by molar-refractivity contribution is 7.98. The molecule has 0 atom stereocenters. The molecule has 7 heteroatoms. The van der Waals surface area contributed by atoms with E-state index in [1.807, 2.05) is 60.7 Å². The summed E-state index contributed by atoms with van der Waals surface area (Å²) in [6.45, 7) is 0. The van der Waals surface area contributed by atoms with Gasteiger partial charge in [-0.2, -0.15) is 5.10 Å². The molecule has 124 valence electrons. The summed E-state index contributed by atoms with van der Waals surface area (Å²) in [5.41, 5.74) is 2.43. The van der Waals surface area contributed by atoms with Crippen molar-refractivity contribution in [2.75, 3.05) is 0 Å². The highest BCUT2D eigenvalue weighted by Gasteiger charge is 2.17. The van der Waals surface area contributed by atoms with E-state index in [1.54, 1.807) is 0 Å². The molecule has 2 aromatic heterocycles. The Balaban J connectivity index is 1.69. The number of benzene rings is 2. The number of thioether (sulfide) groups is 1. The fraction of sp³-hybridized carbons (Fsp3) is 0.0556. The third-order valence-electron chi connectivity index (χ3n) is 3.57. The Kier molecular flexibility index (Phi) is 4.22. The second-order valence-corrected chi connectivity index (χ2v) is 6.23. The van der Waals surface area contributed by atoms with Gasteiger partial charge in [-0.1, -0.05) is 72.4 Å². The van der Waals surface area contributed by atoms with Gasteiger partial charge in [0.1, 0.15) is 11.5 Å². The van der Waals surface area contributed by atoms with Crippen molar-refractivity contribution in [2.45, 2.75) is 11.0 Å². The van der Waals surface area contributed by atoms with E-state index in [-0.39, 0.29) is 5.69 Å². The summed E-state index contributed by atoms with van der Waals surface area (Å²) in [5.74, 6) is 1.74. The third kappa shape index (κ3) is 3.41. The summed E-state index contributed by atoms with van der Waals surface area (Å²) in [4.78, 5) is 18.4. The van der Waals surface area contributed by atoms with Crippen molar-refractivity contribution < 1.29 is 4.42 Å². The first-order valence-corrected chi connectivity index (χ1v) is 8.66. The van der Waals surface area contributed by atoms with Gasteiger partial charge >= 0.3 is 5.69 Å². The molecule has 0 fully saturated rings. The molecule has 0 saturated carbocycles. The number of nitrogens with one attached hydrogen (secondary N) is 2. The molecule has 0 unspecified atom stereocenters. The number of H-pyrrole nitrogens is 2. The first-order chi connectivity index (χ1) is 12.3. The van der Waals surface area contributed by atoms with Gasteiger partial charge in [0.25, 0.3) is 5.22 Å². The molecule has 4 aromatic rings. The first kappa shape index (κ1) is 15.5. The van der Waals surface area contributed by atoms with Crippen molar-refractivity contribution >= 4 is 11.8 Å². The smallest absolute Gasteiger partial charge is 0.340 e. The maximum Gasteiger partial charge on any atom is 0.340 e. The second kappa shape index (κ2) is 6.82. The van der Waals surface area contributed by atoms with E-state index in [4.69, 9.17) is 4.42 Å². The minimum atomic E-state index is -0.321. The fourth-order valence-corrected chi connectivity index (χ4v) is 3.14. The zero-order valence-corrected chi connectivity index (χ0v) is 13.9. The van der Waals surface area contributed by atoms with Crippen molar-refractivity contribution in [1.29, 1.82) is 0 Å². The van der Waals surface area contributed by atoms with Crippen LogP contribution in [0.1, 0.15) is 5.82 Å². The number of nitrogens with zero attached hydrogens (tertiary/aromatic N) is 2. The van der Waals surface area contributed by atoms with Crippen LogP contribution in [0, 0.1) is 0 Å². The molecule has 0 radical (unpaired) electrons. The number of oxazole rings is 1. The fourth-order valence-electron chi connectivity index (χ4n) is 2.44. The number of aromatic amines is 2. The Morgan fingerprint density at radius 3 is 2.28 bits per heavy atom. The van der Waals surface area contributed by atoms with Gasteiger partial charge in [0.2, 0.25) is 0 Å². The van der Waals surface area contributed by atoms with E-state index in [0.717, 1.165) is 22.6 Å². The van der Waals surface area contributed by atoms with Crippen LogP contribution in [0.3, 0.4) is 0 Å². The molecule has 0 aliphatic carbocycles. The van der Waals surface area contributed by atoms with Crippen LogP contribution in [0.2, 0.25) is 0 Å². The minimum Gasteiger partial charge on any atom is -0.431 e. The monoisotopic (exact) mass is 350 g/mol. The predicted molar refractivity (Wildman–Crippen MR) is 96.1 cm³/mol. The molecule has 0 bridgehead atoms. The lowest BCUT2D eigenvalue weighted by molar-refractivity contribution is 0.466. The molecule has 2 N–H and O–H groups in total. The molecule has 4 rings (SSSR count). The maximum atomic E-state index is 11.1. The van der Waals surface area contributed by atoms with Crippen molar-refractivity contribution in [3.8, 4) is 22.6 Å². The minimum absolute atomic E-state index is 0.321. The van der Waals surface area contributed by atoms with Gasteiger partial charge in [-0.25, -0.2) is 14.9 Å². The normalized spacial score (nSPS) is 10.9. The number of aromatic nitrogens is 4. The Morgan fingerprint density at radius 2 is 1.64 bits per heavy atom. The largest absolute Gasteiger partial charge is 0.431 e. The van der Waals surface area contributed by atoms with Gasteiger partial charge < -0.3 is 4.42 Å². The standard InChI is InChI=1S/C18H14N4O2S/c23-17-19-14(21-22-17)11-25-18-20-15(12-7-3-1-4-8-12)16(24-18)13-9-5-2-6-10-13/h1-10H,11H2,(H2,19,21,22,23). The summed E-state index contributed by atoms with van der Waals surface area (Å²) in [7, 11) is 0. The van der Waals surface area contributed by atoms with E-state index in [2.05, 4.69) is 20.2 Å². The molecule has 0 amide bonds. The summed E-state index contributed by atoms with van der Waals surface area (Å²) in [5, 5.41) is 6.77. The van der Waals surface area contributed by atoms with Crippen molar-refractivity contribution in [3.63, 3.8) is 0 Å². The Morgan fingerprint density at radius 1 is 0.960 bits per heavy atom. The maximum absolute atomic E-state index is 11.1. The lowest BCUT2D eigenvalue weighted by Gasteiger charge is -2.00. The van der Waals surface area contributed by atoms with Gasteiger partial charge in [0.15, 0.2) is 5.76 Å². The van der Waals surface area contributed by atoms with Gasteiger partial charge in [0.05, 0.1) is 5.75 Å². The van der Waals surface area contributed by atoms with E-state index in [1.165, 1.54) is 11.8 Å². The van der Waals surface area contributed by atoms with Crippen LogP contribution < -0.4 is 5.69 Å². The van der Waals surface area contributed by atoms with E-state index in [9.17, 15) is 4.79 Å². The third-order valence-corrected chi connectivity index (χ3v) is 4.41. The zero-order valence-electron chi connectivity index (χ0n) is 13.1. The first-order valence-electron chi connectivity index (χ1n) is 7.67. The van der Waals surface area contributed by atoms with Crippen LogP contribution in [0.25, 0.3) is 22.6 Å². The molecular weight excluding hydrogens is 336 g/mol. The Bertz CT molecular complexity index is 965. The number of hydrogen-bond donors (Lipinski definition) is 2. The SMILES string of the molecule is O=c1[nH]nc(CSc2nc(-c3ccccc3)c(-c3ccccc3)o2)[nH]1. The lowest BCUT2D eigenvalue weighted by atomic mass is 10.1. The van der Waals surface area contributed by atoms with Crippen LogP contribution in [0.5, 0.6) is 0 Å². The summed E-state index contributed by atoms with van der Waals surface area (Å²) in [6.07, 6.45) is 0. The van der Waals surface area contributed by atoms with Crippen molar-refractivity contribution in [1.82, 2.24) is 20.2 Å². The summed E-state index contributed by atoms with van der Waals surface area (Å²) in [6, 6.07) is 19.8. The van der Waals surface area contributed by atoms with Crippen LogP contribution >= 0.6 is 11.8 Å². The Labute approximate surface area is 147 Å². The van der Waals surface area contributed by atoms with Crippen molar-refractivity contribution in [3.05, 3.63) is 77.0 Å². The topological polar surface area (TPSA) is 87.6 Å². The van der Waals surface area contributed by atoms with Crippen molar-refractivity contribution in [2.24, 2.45) is 0 Å². The van der Waals surface area contributed by atoms with Crippen LogP contribution in [-0.2, 0) is 5.75 Å². The van der Waals surface area contributed by atoms with Gasteiger partial charge in [-0.05, 0) is 0 Å². The number of hydrogen-bond acceptors (Lipinski definition) is 5. The second-order valence-electron chi connectivity index (χ2n) is 5.30. The average Bonchev–Trinajstić information content (AvgIpc) is 3.28. The number of rotatable bonds is 5. The van der Waals surface area contributed by atoms with Gasteiger partial charge in [0, 0.05) is 11.1 Å². The molecule has 0 saturated heterocycles. The van der Waals surface area contributed by atoms with E-state index < -0.39 is 0 Å². The van der Waals surface area contributed by atoms with Crippen LogP contribution in [-0.4, -0.2) is 20.2 Å². The zero-order chi connectivity index (χ0) is 17.1. The highest BCUT2D eigenvalue weighted by Crippen LogP contribution is 2.35.